The highest BCUT2D eigenvalue weighted by Gasteiger charge is 2.22. The molecule has 114 valence electrons. The van der Waals surface area contributed by atoms with E-state index in [4.69, 9.17) is 0 Å². The average molecular weight is 290 g/mol. The van der Waals surface area contributed by atoms with Gasteiger partial charge in [0.15, 0.2) is 0 Å². The van der Waals surface area contributed by atoms with Gasteiger partial charge in [-0.25, -0.2) is 0 Å². The third-order valence-electron chi connectivity index (χ3n) is 3.48. The molecule has 2 aromatic rings. The fourth-order valence-corrected chi connectivity index (χ4v) is 2.11. The van der Waals surface area contributed by atoms with E-state index in [0.717, 1.165) is 6.42 Å². The first-order valence-corrected chi connectivity index (χ1v) is 7.19. The Morgan fingerprint density at radius 3 is 2.90 bits per heavy atom. The number of fused-ring (bicyclic) bond motifs is 1. The number of hydrogen-bond donors (Lipinski definition) is 3. The molecule has 2 rings (SSSR count). The first-order chi connectivity index (χ1) is 9.89. The van der Waals surface area contributed by atoms with Crippen molar-refractivity contribution in [1.82, 2.24) is 20.7 Å². The lowest BCUT2D eigenvalue weighted by Gasteiger charge is -2.24. The molecule has 0 spiro atoms. The third kappa shape index (κ3) is 4.01. The van der Waals surface area contributed by atoms with Crippen molar-refractivity contribution in [2.75, 3.05) is 6.54 Å². The summed E-state index contributed by atoms with van der Waals surface area (Å²) < 4.78 is 0. The van der Waals surface area contributed by atoms with Crippen LogP contribution in [0.15, 0.2) is 18.2 Å². The van der Waals surface area contributed by atoms with E-state index in [-0.39, 0.29) is 12.5 Å². The van der Waals surface area contributed by atoms with E-state index in [9.17, 15) is 9.90 Å². The number of carbonyl (C=O) groups excluding carboxylic acids is 1. The number of H-pyrrole nitrogens is 1. The number of aromatic amines is 1. The van der Waals surface area contributed by atoms with E-state index in [1.807, 2.05) is 0 Å². The summed E-state index contributed by atoms with van der Waals surface area (Å²) in [5, 5.41) is 23.5. The maximum Gasteiger partial charge on any atom is 0.253 e. The Bertz CT molecular complexity index is 619. The number of amides is 1. The number of rotatable bonds is 6. The smallest absolute Gasteiger partial charge is 0.253 e. The molecule has 0 unspecified atom stereocenters. The van der Waals surface area contributed by atoms with Gasteiger partial charge in [0.05, 0.1) is 11.2 Å². The van der Waals surface area contributed by atoms with Gasteiger partial charge in [-0.05, 0) is 37.8 Å². The van der Waals surface area contributed by atoms with E-state index >= 15 is 0 Å². The number of carbonyl (C=O) groups is 1. The van der Waals surface area contributed by atoms with Crippen molar-refractivity contribution in [2.45, 2.75) is 39.2 Å². The minimum absolute atomic E-state index is 0.215. The Balaban J connectivity index is 2.00. The molecule has 1 amide bonds. The predicted octanol–water partition coefficient (Wildman–Crippen LogP) is 1.87. The van der Waals surface area contributed by atoms with Crippen LogP contribution in [0.5, 0.6) is 0 Å². The lowest BCUT2D eigenvalue weighted by Crippen LogP contribution is -2.40. The summed E-state index contributed by atoms with van der Waals surface area (Å²) in [4.78, 5) is 12.2. The number of nitrogens with zero attached hydrogens (tertiary/aromatic N) is 2. The summed E-state index contributed by atoms with van der Waals surface area (Å²) >= 11 is 0. The molecule has 21 heavy (non-hydrogen) atoms. The normalized spacial score (nSPS) is 14.3. The Kier molecular flexibility index (Phi) is 4.57. The summed E-state index contributed by atoms with van der Waals surface area (Å²) in [5.41, 5.74) is 0.740. The van der Waals surface area contributed by atoms with Crippen LogP contribution in [0.1, 0.15) is 44.0 Å². The molecule has 1 heterocycles. The van der Waals surface area contributed by atoms with E-state index in [0.29, 0.717) is 28.9 Å². The SMILES string of the molecule is CC(C)CC[C@](C)(O)CNC(=O)c1cccc2n[nH]nc12. The van der Waals surface area contributed by atoms with Crippen molar-refractivity contribution >= 4 is 16.9 Å². The highest BCUT2D eigenvalue weighted by atomic mass is 16.3. The number of nitrogens with one attached hydrogen (secondary N) is 2. The van der Waals surface area contributed by atoms with Crippen LogP contribution in [0.25, 0.3) is 11.0 Å². The summed E-state index contributed by atoms with van der Waals surface area (Å²) in [5.74, 6) is 0.273. The second-order valence-electron chi connectivity index (χ2n) is 6.11. The molecule has 0 bridgehead atoms. The van der Waals surface area contributed by atoms with Gasteiger partial charge in [0.2, 0.25) is 0 Å². The number of benzene rings is 1. The first kappa shape index (κ1) is 15.4. The largest absolute Gasteiger partial charge is 0.388 e. The van der Waals surface area contributed by atoms with Crippen LogP contribution in [0.4, 0.5) is 0 Å². The van der Waals surface area contributed by atoms with Gasteiger partial charge >= 0.3 is 0 Å². The number of aliphatic hydroxyl groups is 1. The molecular formula is C15H22N4O2. The van der Waals surface area contributed by atoms with Crippen molar-refractivity contribution in [1.29, 1.82) is 0 Å². The van der Waals surface area contributed by atoms with Gasteiger partial charge in [-0.3, -0.25) is 4.79 Å². The van der Waals surface area contributed by atoms with Crippen molar-refractivity contribution in [3.8, 4) is 0 Å². The molecule has 6 heteroatoms. The van der Waals surface area contributed by atoms with Crippen molar-refractivity contribution in [3.63, 3.8) is 0 Å². The molecule has 3 N–H and O–H groups in total. The lowest BCUT2D eigenvalue weighted by molar-refractivity contribution is 0.0429. The van der Waals surface area contributed by atoms with E-state index < -0.39 is 5.60 Å². The highest BCUT2D eigenvalue weighted by molar-refractivity contribution is 6.04. The van der Waals surface area contributed by atoms with Crippen molar-refractivity contribution in [3.05, 3.63) is 23.8 Å². The molecule has 0 radical (unpaired) electrons. The van der Waals surface area contributed by atoms with E-state index in [1.54, 1.807) is 25.1 Å². The number of hydrogen-bond acceptors (Lipinski definition) is 4. The summed E-state index contributed by atoms with van der Waals surface area (Å²) in [6.45, 7) is 6.18. The number of para-hydroxylation sites is 1. The Hall–Kier alpha value is -1.95. The zero-order chi connectivity index (χ0) is 15.5. The molecule has 1 atom stereocenters. The fourth-order valence-electron chi connectivity index (χ4n) is 2.11. The van der Waals surface area contributed by atoms with Gasteiger partial charge in [-0.1, -0.05) is 19.9 Å². The van der Waals surface area contributed by atoms with Gasteiger partial charge in [-0.15, -0.1) is 0 Å². The second kappa shape index (κ2) is 6.22. The monoisotopic (exact) mass is 290 g/mol. The van der Waals surface area contributed by atoms with Crippen LogP contribution in [0.3, 0.4) is 0 Å². The summed E-state index contributed by atoms with van der Waals surface area (Å²) in [6, 6.07) is 5.24. The maximum atomic E-state index is 12.2. The quantitative estimate of drug-likeness (QED) is 0.757. The maximum absolute atomic E-state index is 12.2. The molecular weight excluding hydrogens is 268 g/mol. The summed E-state index contributed by atoms with van der Waals surface area (Å²) in [7, 11) is 0. The Morgan fingerprint density at radius 1 is 1.43 bits per heavy atom. The Morgan fingerprint density at radius 2 is 2.19 bits per heavy atom. The molecule has 0 aliphatic rings. The van der Waals surface area contributed by atoms with Crippen LogP contribution in [-0.2, 0) is 0 Å². The second-order valence-corrected chi connectivity index (χ2v) is 6.11. The zero-order valence-corrected chi connectivity index (χ0v) is 12.7. The number of aromatic nitrogens is 3. The van der Waals surface area contributed by atoms with Gasteiger partial charge < -0.3 is 10.4 Å². The van der Waals surface area contributed by atoms with Crippen molar-refractivity contribution in [2.24, 2.45) is 5.92 Å². The van der Waals surface area contributed by atoms with Crippen molar-refractivity contribution < 1.29 is 9.90 Å². The standard InChI is InChI=1S/C15H22N4O2/c1-10(2)7-8-15(3,21)9-16-14(20)11-5-4-6-12-13(11)18-19-17-12/h4-6,10,21H,7-9H2,1-3H3,(H,16,20)(H,17,18,19)/t15-/m0/s1. The van der Waals surface area contributed by atoms with Gasteiger partial charge in [-0.2, -0.15) is 15.4 Å². The molecule has 6 nitrogen and oxygen atoms in total. The average Bonchev–Trinajstić information content (AvgIpc) is 2.91. The van der Waals surface area contributed by atoms with E-state index in [2.05, 4.69) is 34.6 Å². The molecule has 0 saturated heterocycles. The van der Waals surface area contributed by atoms with Gasteiger partial charge in [0, 0.05) is 6.54 Å². The highest BCUT2D eigenvalue weighted by Crippen LogP contribution is 2.17. The molecule has 0 aliphatic heterocycles. The lowest BCUT2D eigenvalue weighted by atomic mass is 9.95. The topological polar surface area (TPSA) is 90.9 Å². The molecule has 1 aromatic carbocycles. The van der Waals surface area contributed by atoms with Crippen LogP contribution < -0.4 is 5.32 Å². The van der Waals surface area contributed by atoms with Crippen LogP contribution in [0, 0.1) is 5.92 Å². The molecule has 0 aliphatic carbocycles. The van der Waals surface area contributed by atoms with E-state index in [1.165, 1.54) is 0 Å². The third-order valence-corrected chi connectivity index (χ3v) is 3.48. The van der Waals surface area contributed by atoms with Gasteiger partial charge in [0.25, 0.3) is 5.91 Å². The molecule has 0 fully saturated rings. The predicted molar refractivity (Wildman–Crippen MR) is 80.9 cm³/mol. The minimum atomic E-state index is -0.905. The minimum Gasteiger partial charge on any atom is -0.388 e. The zero-order valence-electron chi connectivity index (χ0n) is 12.7. The van der Waals surface area contributed by atoms with Crippen LogP contribution >= 0.6 is 0 Å². The first-order valence-electron chi connectivity index (χ1n) is 7.19. The molecule has 0 saturated carbocycles. The molecule has 1 aromatic heterocycles. The van der Waals surface area contributed by atoms with Crippen LogP contribution in [0.2, 0.25) is 0 Å². The Labute approximate surface area is 123 Å². The van der Waals surface area contributed by atoms with Gasteiger partial charge in [0.1, 0.15) is 11.0 Å². The van der Waals surface area contributed by atoms with Crippen LogP contribution in [-0.4, -0.2) is 38.6 Å². The fraction of sp³-hybridized carbons (Fsp3) is 0.533. The summed E-state index contributed by atoms with van der Waals surface area (Å²) in [6.07, 6.45) is 1.57.